The van der Waals surface area contributed by atoms with Gasteiger partial charge in [-0.15, -0.1) is 0 Å². The molecule has 0 fully saturated rings. The summed E-state index contributed by atoms with van der Waals surface area (Å²) in [6, 6.07) is 14.7. The standard InChI is InChI=1S/C16H14ClN3O3S/c1-24(22,23)20(15-9-5-2-6-12(15)10-18)11-16(21)19-14-8-4-3-7-13(14)17/h2-9H,11H2,1H3,(H,19,21). The molecule has 1 N–H and O–H groups in total. The molecule has 0 spiro atoms. The number of nitriles is 1. The van der Waals surface area contributed by atoms with Crippen molar-refractivity contribution in [3.05, 3.63) is 59.1 Å². The summed E-state index contributed by atoms with van der Waals surface area (Å²) in [5.41, 5.74) is 0.691. The molecule has 1 amide bonds. The number of rotatable bonds is 5. The van der Waals surface area contributed by atoms with Crippen molar-refractivity contribution in [2.75, 3.05) is 22.4 Å². The van der Waals surface area contributed by atoms with Crippen LogP contribution in [0.5, 0.6) is 0 Å². The first-order valence-electron chi connectivity index (χ1n) is 6.84. The van der Waals surface area contributed by atoms with E-state index in [-0.39, 0.29) is 11.3 Å². The number of carbonyl (C=O) groups is 1. The molecule has 0 unspecified atom stereocenters. The van der Waals surface area contributed by atoms with Gasteiger partial charge in [-0.25, -0.2) is 8.42 Å². The van der Waals surface area contributed by atoms with Gasteiger partial charge in [-0.1, -0.05) is 35.9 Å². The third kappa shape index (κ3) is 4.25. The second-order valence-electron chi connectivity index (χ2n) is 4.93. The number of halogens is 1. The molecule has 24 heavy (non-hydrogen) atoms. The summed E-state index contributed by atoms with van der Waals surface area (Å²) in [6.07, 6.45) is 0.976. The maximum Gasteiger partial charge on any atom is 0.245 e. The maximum atomic E-state index is 12.2. The Hall–Kier alpha value is -2.56. The minimum absolute atomic E-state index is 0.150. The zero-order valence-corrected chi connectivity index (χ0v) is 14.3. The van der Waals surface area contributed by atoms with E-state index in [4.69, 9.17) is 16.9 Å². The first-order valence-corrected chi connectivity index (χ1v) is 9.07. The summed E-state index contributed by atoms with van der Waals surface area (Å²) in [5.74, 6) is -0.568. The van der Waals surface area contributed by atoms with Gasteiger partial charge < -0.3 is 5.32 Å². The molecule has 0 atom stereocenters. The molecular formula is C16H14ClN3O3S. The molecule has 0 saturated carbocycles. The lowest BCUT2D eigenvalue weighted by Crippen LogP contribution is -2.37. The molecule has 0 bridgehead atoms. The molecule has 2 aromatic rings. The minimum Gasteiger partial charge on any atom is -0.323 e. The number of nitrogens with zero attached hydrogens (tertiary/aromatic N) is 2. The first-order chi connectivity index (χ1) is 11.3. The van der Waals surface area contributed by atoms with Crippen molar-refractivity contribution in [3.8, 4) is 6.07 Å². The van der Waals surface area contributed by atoms with Gasteiger partial charge in [-0.3, -0.25) is 9.10 Å². The minimum atomic E-state index is -3.76. The van der Waals surface area contributed by atoms with Crippen LogP contribution in [0, 0.1) is 11.3 Å². The van der Waals surface area contributed by atoms with E-state index < -0.39 is 22.5 Å². The van der Waals surface area contributed by atoms with Crippen LogP contribution in [0.15, 0.2) is 48.5 Å². The number of para-hydroxylation sites is 2. The van der Waals surface area contributed by atoms with Gasteiger partial charge in [-0.05, 0) is 24.3 Å². The van der Waals surface area contributed by atoms with E-state index >= 15 is 0 Å². The lowest BCUT2D eigenvalue weighted by Gasteiger charge is -2.22. The number of anilines is 2. The number of nitrogens with one attached hydrogen (secondary N) is 1. The van der Waals surface area contributed by atoms with E-state index in [1.54, 1.807) is 36.4 Å². The van der Waals surface area contributed by atoms with Gasteiger partial charge in [0.25, 0.3) is 0 Å². The molecule has 0 radical (unpaired) electrons. The third-order valence-electron chi connectivity index (χ3n) is 3.13. The fraction of sp³-hybridized carbons (Fsp3) is 0.125. The van der Waals surface area contributed by atoms with Gasteiger partial charge in [0.05, 0.1) is 28.2 Å². The first kappa shape index (κ1) is 17.8. The Bertz CT molecular complexity index is 907. The van der Waals surface area contributed by atoms with E-state index in [2.05, 4.69) is 5.32 Å². The van der Waals surface area contributed by atoms with Crippen molar-refractivity contribution < 1.29 is 13.2 Å². The lowest BCUT2D eigenvalue weighted by molar-refractivity contribution is -0.114. The smallest absolute Gasteiger partial charge is 0.245 e. The molecule has 2 rings (SSSR count). The van der Waals surface area contributed by atoms with Crippen LogP contribution in [0.3, 0.4) is 0 Å². The summed E-state index contributed by atoms with van der Waals surface area (Å²) < 4.78 is 25.0. The zero-order valence-electron chi connectivity index (χ0n) is 12.7. The summed E-state index contributed by atoms with van der Waals surface area (Å²) in [7, 11) is -3.76. The Morgan fingerprint density at radius 1 is 1.21 bits per heavy atom. The number of amides is 1. The highest BCUT2D eigenvalue weighted by atomic mass is 35.5. The Labute approximate surface area is 145 Å². The van der Waals surface area contributed by atoms with Crippen molar-refractivity contribution in [1.82, 2.24) is 0 Å². The quantitative estimate of drug-likeness (QED) is 0.884. The van der Waals surface area contributed by atoms with Crippen LogP contribution in [0.4, 0.5) is 11.4 Å². The molecule has 0 aromatic heterocycles. The van der Waals surface area contributed by atoms with E-state index in [9.17, 15) is 13.2 Å². The Morgan fingerprint density at radius 3 is 2.46 bits per heavy atom. The summed E-state index contributed by atoms with van der Waals surface area (Å²) in [4.78, 5) is 12.2. The number of hydrogen-bond donors (Lipinski definition) is 1. The molecule has 0 aliphatic heterocycles. The van der Waals surface area contributed by atoms with Crippen LogP contribution in [0.1, 0.15) is 5.56 Å². The van der Waals surface area contributed by atoms with Crippen molar-refractivity contribution in [2.24, 2.45) is 0 Å². The van der Waals surface area contributed by atoms with Crippen molar-refractivity contribution >= 4 is 38.9 Å². The highest BCUT2D eigenvalue weighted by Crippen LogP contribution is 2.23. The van der Waals surface area contributed by atoms with Crippen LogP contribution in [-0.4, -0.2) is 27.1 Å². The summed E-state index contributed by atoms with van der Waals surface area (Å²) in [5, 5.41) is 12.1. The van der Waals surface area contributed by atoms with E-state index in [1.807, 2.05) is 6.07 Å². The molecule has 2 aromatic carbocycles. The molecule has 0 saturated heterocycles. The molecule has 6 nitrogen and oxygen atoms in total. The molecule has 0 aliphatic rings. The second-order valence-corrected chi connectivity index (χ2v) is 7.24. The average molecular weight is 364 g/mol. The van der Waals surface area contributed by atoms with E-state index in [0.29, 0.717) is 10.7 Å². The van der Waals surface area contributed by atoms with Gasteiger partial charge in [-0.2, -0.15) is 5.26 Å². The van der Waals surface area contributed by atoms with Gasteiger partial charge in [0.15, 0.2) is 0 Å². The molecular weight excluding hydrogens is 350 g/mol. The summed E-state index contributed by atoms with van der Waals surface area (Å²) >= 11 is 5.97. The van der Waals surface area contributed by atoms with Crippen LogP contribution < -0.4 is 9.62 Å². The highest BCUT2D eigenvalue weighted by Gasteiger charge is 2.23. The maximum absolute atomic E-state index is 12.2. The normalized spacial score (nSPS) is 10.7. The highest BCUT2D eigenvalue weighted by molar-refractivity contribution is 7.92. The molecule has 0 heterocycles. The fourth-order valence-corrected chi connectivity index (χ4v) is 3.10. The van der Waals surface area contributed by atoms with Crippen LogP contribution >= 0.6 is 11.6 Å². The van der Waals surface area contributed by atoms with E-state index in [1.165, 1.54) is 12.1 Å². The van der Waals surface area contributed by atoms with Crippen molar-refractivity contribution in [2.45, 2.75) is 0 Å². The Kier molecular flexibility index (Phi) is 5.44. The van der Waals surface area contributed by atoms with Gasteiger partial charge >= 0.3 is 0 Å². The predicted octanol–water partition coefficient (Wildman–Crippen LogP) is 2.62. The van der Waals surface area contributed by atoms with E-state index in [0.717, 1.165) is 10.6 Å². The van der Waals surface area contributed by atoms with Crippen LogP contribution in [0.25, 0.3) is 0 Å². The molecule has 0 aliphatic carbocycles. The SMILES string of the molecule is CS(=O)(=O)N(CC(=O)Nc1ccccc1Cl)c1ccccc1C#N. The molecule has 124 valence electrons. The topological polar surface area (TPSA) is 90.3 Å². The Balaban J connectivity index is 2.30. The van der Waals surface area contributed by atoms with Gasteiger partial charge in [0.2, 0.25) is 15.9 Å². The predicted molar refractivity (Wildman–Crippen MR) is 93.4 cm³/mol. The monoisotopic (exact) mass is 363 g/mol. The number of sulfonamides is 1. The zero-order chi connectivity index (χ0) is 17.7. The Morgan fingerprint density at radius 2 is 1.83 bits per heavy atom. The lowest BCUT2D eigenvalue weighted by atomic mass is 10.2. The number of carbonyl (C=O) groups excluding carboxylic acids is 1. The number of benzene rings is 2. The fourth-order valence-electron chi connectivity index (χ4n) is 2.05. The largest absolute Gasteiger partial charge is 0.323 e. The molecule has 8 heteroatoms. The van der Waals surface area contributed by atoms with Crippen LogP contribution in [-0.2, 0) is 14.8 Å². The number of hydrogen-bond acceptors (Lipinski definition) is 4. The van der Waals surface area contributed by atoms with Crippen molar-refractivity contribution in [3.63, 3.8) is 0 Å². The van der Waals surface area contributed by atoms with Gasteiger partial charge in [0.1, 0.15) is 12.6 Å². The van der Waals surface area contributed by atoms with Crippen LogP contribution in [0.2, 0.25) is 5.02 Å². The summed E-state index contributed by atoms with van der Waals surface area (Å²) in [6.45, 7) is -0.469. The van der Waals surface area contributed by atoms with Crippen molar-refractivity contribution in [1.29, 1.82) is 5.26 Å². The van der Waals surface area contributed by atoms with Gasteiger partial charge in [0, 0.05) is 0 Å². The third-order valence-corrected chi connectivity index (χ3v) is 4.58. The average Bonchev–Trinajstić information content (AvgIpc) is 2.54. The second kappa shape index (κ2) is 7.34.